The molecule has 2 heterocycles. The van der Waals surface area contributed by atoms with Crippen molar-refractivity contribution in [3.05, 3.63) is 42.5 Å². The zero-order chi connectivity index (χ0) is 19.1. The molecule has 0 spiro atoms. The normalized spacial score (nSPS) is 15.6. The minimum absolute atomic E-state index is 0.00430. The molecule has 7 nitrogen and oxygen atoms in total. The third-order valence-electron chi connectivity index (χ3n) is 4.87. The second kappa shape index (κ2) is 9.53. The van der Waals surface area contributed by atoms with E-state index in [2.05, 4.69) is 24.7 Å². The van der Waals surface area contributed by atoms with Gasteiger partial charge in [-0.2, -0.15) is 0 Å². The van der Waals surface area contributed by atoms with E-state index in [1.807, 2.05) is 50.5 Å². The maximum absolute atomic E-state index is 12.4. The van der Waals surface area contributed by atoms with Crippen LogP contribution in [0.25, 0.3) is 0 Å². The van der Waals surface area contributed by atoms with Crippen LogP contribution in [-0.4, -0.2) is 71.1 Å². The molecule has 1 fully saturated rings. The topological polar surface area (TPSA) is 62.6 Å². The molecule has 1 aromatic carbocycles. The molecule has 1 saturated heterocycles. The van der Waals surface area contributed by atoms with Crippen LogP contribution in [0.2, 0.25) is 0 Å². The molecule has 0 aliphatic carbocycles. The Labute approximate surface area is 160 Å². The van der Waals surface area contributed by atoms with E-state index in [4.69, 9.17) is 4.74 Å². The van der Waals surface area contributed by atoms with Gasteiger partial charge in [0.25, 0.3) is 0 Å². The number of nitrogens with one attached hydrogen (secondary N) is 1. The first-order chi connectivity index (χ1) is 13.2. The molecule has 146 valence electrons. The highest BCUT2D eigenvalue weighted by Crippen LogP contribution is 2.23. The van der Waals surface area contributed by atoms with Crippen LogP contribution in [0.15, 0.2) is 36.7 Å². The van der Waals surface area contributed by atoms with Crippen molar-refractivity contribution >= 4 is 11.6 Å². The molecule has 0 atom stereocenters. The summed E-state index contributed by atoms with van der Waals surface area (Å²) in [5.41, 5.74) is 0.735. The fourth-order valence-corrected chi connectivity index (χ4v) is 3.30. The molecule has 0 bridgehead atoms. The Hall–Kier alpha value is -2.38. The predicted molar refractivity (Wildman–Crippen MR) is 106 cm³/mol. The second-order valence-electron chi connectivity index (χ2n) is 6.76. The van der Waals surface area contributed by atoms with Crippen LogP contribution >= 0.6 is 0 Å². The van der Waals surface area contributed by atoms with E-state index in [9.17, 15) is 4.79 Å². The average molecular weight is 371 g/mol. The molecule has 1 amide bonds. The number of carbonyl (C=O) groups excluding carboxylic acids is 1. The minimum Gasteiger partial charge on any atom is -0.492 e. The van der Waals surface area contributed by atoms with E-state index in [1.54, 1.807) is 0 Å². The maximum atomic E-state index is 12.4. The molecular formula is C20H29N5O2. The number of para-hydroxylation sites is 2. The fraction of sp³-hybridized carbons (Fsp3) is 0.500. The van der Waals surface area contributed by atoms with Crippen molar-refractivity contribution in [2.45, 2.75) is 20.4 Å². The molecule has 0 saturated carbocycles. The molecule has 1 N–H and O–H groups in total. The molecule has 0 unspecified atom stereocenters. The van der Waals surface area contributed by atoms with Gasteiger partial charge in [0.1, 0.15) is 11.6 Å². The van der Waals surface area contributed by atoms with E-state index in [0.29, 0.717) is 18.9 Å². The van der Waals surface area contributed by atoms with Gasteiger partial charge in [-0.3, -0.25) is 14.6 Å². The molecular weight excluding hydrogens is 342 g/mol. The van der Waals surface area contributed by atoms with E-state index in [-0.39, 0.29) is 5.91 Å². The zero-order valence-corrected chi connectivity index (χ0v) is 16.2. The van der Waals surface area contributed by atoms with Crippen molar-refractivity contribution < 1.29 is 9.53 Å². The summed E-state index contributed by atoms with van der Waals surface area (Å²) in [4.78, 5) is 21.3. The summed E-state index contributed by atoms with van der Waals surface area (Å²) in [5.74, 6) is 1.77. The Bertz CT molecular complexity index is 737. The third-order valence-corrected chi connectivity index (χ3v) is 4.87. The minimum atomic E-state index is 0.00430. The lowest BCUT2D eigenvalue weighted by Gasteiger charge is -2.34. The van der Waals surface area contributed by atoms with Gasteiger partial charge in [-0.05, 0) is 26.0 Å². The highest BCUT2D eigenvalue weighted by molar-refractivity contribution is 5.93. The number of rotatable bonds is 8. The molecule has 3 rings (SSSR count). The lowest BCUT2D eigenvalue weighted by molar-refractivity contribution is -0.117. The van der Waals surface area contributed by atoms with Gasteiger partial charge in [-0.25, -0.2) is 4.98 Å². The van der Waals surface area contributed by atoms with Crippen molar-refractivity contribution in [3.63, 3.8) is 0 Å². The molecule has 1 aliphatic heterocycles. The number of ether oxygens (including phenoxy) is 1. The number of piperazine rings is 1. The number of benzene rings is 1. The number of carbonyl (C=O) groups is 1. The van der Waals surface area contributed by atoms with Crippen molar-refractivity contribution in [2.24, 2.45) is 0 Å². The van der Waals surface area contributed by atoms with Gasteiger partial charge in [0, 0.05) is 51.7 Å². The summed E-state index contributed by atoms with van der Waals surface area (Å²) in [5, 5.41) is 2.97. The van der Waals surface area contributed by atoms with Gasteiger partial charge in [-0.1, -0.05) is 12.1 Å². The Balaban J connectivity index is 1.41. The Morgan fingerprint density at radius 2 is 1.89 bits per heavy atom. The van der Waals surface area contributed by atoms with Crippen molar-refractivity contribution in [2.75, 3.05) is 51.2 Å². The number of aryl methyl sites for hydroxylation is 1. The van der Waals surface area contributed by atoms with E-state index < -0.39 is 0 Å². The monoisotopic (exact) mass is 371 g/mol. The number of aromatic nitrogens is 2. The van der Waals surface area contributed by atoms with E-state index >= 15 is 0 Å². The van der Waals surface area contributed by atoms with Crippen molar-refractivity contribution in [1.82, 2.24) is 19.4 Å². The van der Waals surface area contributed by atoms with Gasteiger partial charge in [0.15, 0.2) is 0 Å². The van der Waals surface area contributed by atoms with Crippen LogP contribution in [0.5, 0.6) is 5.75 Å². The van der Waals surface area contributed by atoms with Crippen molar-refractivity contribution in [3.8, 4) is 5.75 Å². The smallest absolute Gasteiger partial charge is 0.238 e. The molecule has 0 radical (unpaired) electrons. The van der Waals surface area contributed by atoms with Crippen LogP contribution < -0.4 is 10.1 Å². The Morgan fingerprint density at radius 3 is 2.59 bits per heavy atom. The molecule has 1 aliphatic rings. The van der Waals surface area contributed by atoms with Gasteiger partial charge in [0.2, 0.25) is 5.91 Å². The van der Waals surface area contributed by atoms with Crippen molar-refractivity contribution in [1.29, 1.82) is 0 Å². The molecule has 27 heavy (non-hydrogen) atoms. The lowest BCUT2D eigenvalue weighted by atomic mass is 10.2. The SMILES string of the molecule is CCOc1ccccc1NC(=O)CN1CCN(CCn2ccnc2C)CC1. The summed E-state index contributed by atoms with van der Waals surface area (Å²) in [6.07, 6.45) is 3.87. The number of hydrogen-bond acceptors (Lipinski definition) is 5. The fourth-order valence-electron chi connectivity index (χ4n) is 3.30. The van der Waals surface area contributed by atoms with E-state index in [0.717, 1.165) is 50.8 Å². The Morgan fingerprint density at radius 1 is 1.15 bits per heavy atom. The largest absolute Gasteiger partial charge is 0.492 e. The molecule has 2 aromatic rings. The summed E-state index contributed by atoms with van der Waals surface area (Å²) >= 11 is 0. The van der Waals surface area contributed by atoms with Gasteiger partial charge < -0.3 is 14.6 Å². The average Bonchev–Trinajstić information content (AvgIpc) is 3.08. The van der Waals surface area contributed by atoms with E-state index in [1.165, 1.54) is 0 Å². The summed E-state index contributed by atoms with van der Waals surface area (Å²) in [6, 6.07) is 7.56. The van der Waals surface area contributed by atoms with Crippen LogP contribution in [0.1, 0.15) is 12.7 Å². The number of nitrogens with zero attached hydrogens (tertiary/aromatic N) is 4. The maximum Gasteiger partial charge on any atom is 0.238 e. The summed E-state index contributed by atoms with van der Waals surface area (Å²) in [7, 11) is 0. The second-order valence-corrected chi connectivity index (χ2v) is 6.76. The third kappa shape index (κ3) is 5.55. The standard InChI is InChI=1S/C20H29N5O2/c1-3-27-19-7-5-4-6-18(19)22-20(26)16-24-12-10-23(11-13-24)14-15-25-9-8-21-17(25)2/h4-9H,3,10-16H2,1-2H3,(H,22,26). The first kappa shape index (κ1) is 19.4. The van der Waals surface area contributed by atoms with Gasteiger partial charge >= 0.3 is 0 Å². The quantitative estimate of drug-likeness (QED) is 0.767. The Kier molecular flexibility index (Phi) is 6.84. The number of anilines is 1. The summed E-state index contributed by atoms with van der Waals surface area (Å²) in [6.45, 7) is 10.7. The predicted octanol–water partition coefficient (Wildman–Crippen LogP) is 1.85. The zero-order valence-electron chi connectivity index (χ0n) is 16.2. The highest BCUT2D eigenvalue weighted by atomic mass is 16.5. The van der Waals surface area contributed by atoms with Gasteiger partial charge in [-0.15, -0.1) is 0 Å². The number of amides is 1. The first-order valence-corrected chi connectivity index (χ1v) is 9.60. The van der Waals surface area contributed by atoms with Crippen LogP contribution in [0, 0.1) is 6.92 Å². The lowest BCUT2D eigenvalue weighted by Crippen LogP contribution is -2.49. The molecule has 1 aromatic heterocycles. The number of hydrogen-bond donors (Lipinski definition) is 1. The first-order valence-electron chi connectivity index (χ1n) is 9.60. The van der Waals surface area contributed by atoms with Gasteiger partial charge in [0.05, 0.1) is 18.8 Å². The molecule has 7 heteroatoms. The van der Waals surface area contributed by atoms with Crippen LogP contribution in [0.3, 0.4) is 0 Å². The highest BCUT2D eigenvalue weighted by Gasteiger charge is 2.19. The van der Waals surface area contributed by atoms with Crippen LogP contribution in [-0.2, 0) is 11.3 Å². The summed E-state index contributed by atoms with van der Waals surface area (Å²) < 4.78 is 7.74. The van der Waals surface area contributed by atoms with Crippen LogP contribution in [0.4, 0.5) is 5.69 Å². The number of imidazole rings is 1.